The SMILES string of the molecule is CC1C(=O)N(C(=O)[C@H](C)NC(=O)CCC2CCCC2)c2cccc(N)c2-c2ccccc21. The molecule has 1 aliphatic carbocycles. The molecule has 168 valence electrons. The van der Waals surface area contributed by atoms with Gasteiger partial charge in [-0.2, -0.15) is 0 Å². The molecule has 6 nitrogen and oxygen atoms in total. The van der Waals surface area contributed by atoms with E-state index < -0.39 is 17.9 Å². The summed E-state index contributed by atoms with van der Waals surface area (Å²) in [6, 6.07) is 12.0. The van der Waals surface area contributed by atoms with Crippen LogP contribution in [0.4, 0.5) is 11.4 Å². The summed E-state index contributed by atoms with van der Waals surface area (Å²) in [5, 5.41) is 2.81. The van der Waals surface area contributed by atoms with E-state index in [9.17, 15) is 14.4 Å². The van der Waals surface area contributed by atoms with Gasteiger partial charge in [0.1, 0.15) is 6.04 Å². The lowest BCUT2D eigenvalue weighted by Crippen LogP contribution is -2.50. The van der Waals surface area contributed by atoms with Gasteiger partial charge in [-0.3, -0.25) is 14.4 Å². The lowest BCUT2D eigenvalue weighted by Gasteiger charge is -2.26. The first kappa shape index (κ1) is 22.1. The fourth-order valence-electron chi connectivity index (χ4n) is 5.02. The molecule has 1 fully saturated rings. The van der Waals surface area contributed by atoms with Crippen molar-refractivity contribution in [2.24, 2.45) is 5.92 Å². The van der Waals surface area contributed by atoms with E-state index >= 15 is 0 Å². The summed E-state index contributed by atoms with van der Waals surface area (Å²) < 4.78 is 0. The molecule has 2 aromatic rings. The number of amides is 3. The average molecular weight is 434 g/mol. The highest BCUT2D eigenvalue weighted by atomic mass is 16.2. The van der Waals surface area contributed by atoms with E-state index in [2.05, 4.69) is 5.32 Å². The summed E-state index contributed by atoms with van der Waals surface area (Å²) >= 11 is 0. The number of nitrogens with zero attached hydrogens (tertiary/aromatic N) is 1. The second kappa shape index (κ2) is 9.15. The normalized spacial score (nSPS) is 19.1. The number of fused-ring (bicyclic) bond motifs is 3. The largest absolute Gasteiger partial charge is 0.398 e. The number of anilines is 2. The Morgan fingerprint density at radius 2 is 1.84 bits per heavy atom. The highest BCUT2D eigenvalue weighted by Crippen LogP contribution is 2.44. The second-order valence-electron chi connectivity index (χ2n) is 9.04. The Labute approximate surface area is 189 Å². The molecule has 6 heteroatoms. The molecule has 2 aromatic carbocycles. The van der Waals surface area contributed by atoms with Crippen molar-refractivity contribution in [3.63, 3.8) is 0 Å². The van der Waals surface area contributed by atoms with Crippen LogP contribution in [-0.4, -0.2) is 23.8 Å². The van der Waals surface area contributed by atoms with Crippen LogP contribution in [0.15, 0.2) is 42.5 Å². The number of nitrogens with two attached hydrogens (primary N) is 1. The number of imide groups is 1. The fourth-order valence-corrected chi connectivity index (χ4v) is 5.02. The molecule has 1 heterocycles. The summed E-state index contributed by atoms with van der Waals surface area (Å²) in [7, 11) is 0. The zero-order valence-electron chi connectivity index (χ0n) is 18.8. The second-order valence-corrected chi connectivity index (χ2v) is 9.04. The molecule has 32 heavy (non-hydrogen) atoms. The minimum Gasteiger partial charge on any atom is -0.398 e. The molecule has 1 unspecified atom stereocenters. The molecule has 0 bridgehead atoms. The van der Waals surface area contributed by atoms with Gasteiger partial charge >= 0.3 is 0 Å². The molecule has 2 aliphatic rings. The Bertz CT molecular complexity index is 1040. The monoisotopic (exact) mass is 433 g/mol. The molecule has 0 spiro atoms. The predicted octanol–water partition coefficient (Wildman–Crippen LogP) is 4.39. The van der Waals surface area contributed by atoms with Gasteiger partial charge in [-0.1, -0.05) is 56.0 Å². The standard InChI is InChI=1S/C26H31N3O3/c1-16-19-10-5-6-11-20(19)24-21(27)12-7-13-22(24)29(25(16)31)26(32)17(2)28-23(30)15-14-18-8-3-4-9-18/h5-7,10-13,16-18H,3-4,8-9,14-15,27H2,1-2H3,(H,28,30)/t16?,17-/m0/s1. The molecule has 3 N–H and O–H groups in total. The Kier molecular flexibility index (Phi) is 6.31. The molecule has 0 aromatic heterocycles. The van der Waals surface area contributed by atoms with Crippen LogP contribution in [0, 0.1) is 5.92 Å². The van der Waals surface area contributed by atoms with Gasteiger partial charge in [0, 0.05) is 17.7 Å². The van der Waals surface area contributed by atoms with Crippen LogP contribution in [0.3, 0.4) is 0 Å². The van der Waals surface area contributed by atoms with Crippen molar-refractivity contribution < 1.29 is 14.4 Å². The first-order valence-electron chi connectivity index (χ1n) is 11.5. The van der Waals surface area contributed by atoms with E-state index in [0.717, 1.165) is 17.5 Å². The summed E-state index contributed by atoms with van der Waals surface area (Å²) in [6.45, 7) is 3.44. The van der Waals surface area contributed by atoms with Crippen molar-refractivity contribution in [1.82, 2.24) is 5.32 Å². The maximum atomic E-state index is 13.5. The van der Waals surface area contributed by atoms with E-state index in [-0.39, 0.29) is 11.8 Å². The summed E-state index contributed by atoms with van der Waals surface area (Å²) in [5.41, 5.74) is 9.64. The van der Waals surface area contributed by atoms with Gasteiger partial charge in [0.25, 0.3) is 5.91 Å². The number of benzene rings is 2. The van der Waals surface area contributed by atoms with Gasteiger partial charge in [0.05, 0.1) is 11.6 Å². The van der Waals surface area contributed by atoms with Crippen LogP contribution in [0.2, 0.25) is 0 Å². The summed E-state index contributed by atoms with van der Waals surface area (Å²) in [4.78, 5) is 40.7. The van der Waals surface area contributed by atoms with Crippen LogP contribution in [-0.2, 0) is 14.4 Å². The van der Waals surface area contributed by atoms with Crippen molar-refractivity contribution >= 4 is 29.1 Å². The number of rotatable bonds is 5. The van der Waals surface area contributed by atoms with Crippen molar-refractivity contribution in [1.29, 1.82) is 0 Å². The Morgan fingerprint density at radius 1 is 1.12 bits per heavy atom. The number of nitrogen functional groups attached to an aromatic ring is 1. The van der Waals surface area contributed by atoms with Crippen LogP contribution in [0.5, 0.6) is 0 Å². The number of hydrogen-bond acceptors (Lipinski definition) is 4. The lowest BCUT2D eigenvalue weighted by molar-refractivity contribution is -0.131. The lowest BCUT2D eigenvalue weighted by atomic mass is 9.92. The number of carbonyl (C=O) groups excluding carboxylic acids is 3. The summed E-state index contributed by atoms with van der Waals surface area (Å²) in [5.74, 6) is -0.834. The molecular weight excluding hydrogens is 402 g/mol. The van der Waals surface area contributed by atoms with Gasteiger partial charge in [0.15, 0.2) is 0 Å². The average Bonchev–Trinajstić information content (AvgIpc) is 3.28. The Balaban J connectivity index is 1.59. The molecule has 4 rings (SSSR count). The van der Waals surface area contributed by atoms with Gasteiger partial charge in [-0.05, 0) is 49.4 Å². The van der Waals surface area contributed by atoms with Crippen LogP contribution < -0.4 is 16.0 Å². The Hall–Kier alpha value is -3.15. The molecule has 2 atom stereocenters. The van der Waals surface area contributed by atoms with Gasteiger partial charge in [-0.15, -0.1) is 0 Å². The molecular formula is C26H31N3O3. The molecule has 1 saturated carbocycles. The third-order valence-electron chi connectivity index (χ3n) is 6.83. The van der Waals surface area contributed by atoms with Crippen molar-refractivity contribution in [3.8, 4) is 11.1 Å². The fraction of sp³-hybridized carbons (Fsp3) is 0.423. The van der Waals surface area contributed by atoms with Crippen LogP contribution in [0.25, 0.3) is 11.1 Å². The minimum absolute atomic E-state index is 0.149. The zero-order chi connectivity index (χ0) is 22.8. The van der Waals surface area contributed by atoms with Gasteiger partial charge < -0.3 is 11.1 Å². The summed E-state index contributed by atoms with van der Waals surface area (Å²) in [6.07, 6.45) is 6.09. The van der Waals surface area contributed by atoms with Crippen molar-refractivity contribution in [3.05, 3.63) is 48.0 Å². The van der Waals surface area contributed by atoms with E-state index in [1.54, 1.807) is 32.0 Å². The topological polar surface area (TPSA) is 92.5 Å². The highest BCUT2D eigenvalue weighted by molar-refractivity contribution is 6.22. The third kappa shape index (κ3) is 4.14. The highest BCUT2D eigenvalue weighted by Gasteiger charge is 2.37. The van der Waals surface area contributed by atoms with E-state index in [1.807, 2.05) is 24.3 Å². The first-order chi connectivity index (χ1) is 15.4. The van der Waals surface area contributed by atoms with Crippen LogP contribution >= 0.6 is 0 Å². The van der Waals surface area contributed by atoms with Gasteiger partial charge in [0.2, 0.25) is 11.8 Å². The molecule has 0 radical (unpaired) electrons. The number of nitrogens with one attached hydrogen (secondary N) is 1. The maximum Gasteiger partial charge on any atom is 0.256 e. The number of hydrogen-bond donors (Lipinski definition) is 2. The minimum atomic E-state index is -0.822. The van der Waals surface area contributed by atoms with E-state index in [1.165, 1.54) is 30.6 Å². The molecule has 1 aliphatic heterocycles. The number of carbonyl (C=O) groups is 3. The first-order valence-corrected chi connectivity index (χ1v) is 11.5. The van der Waals surface area contributed by atoms with Gasteiger partial charge in [-0.25, -0.2) is 4.90 Å². The smallest absolute Gasteiger partial charge is 0.256 e. The zero-order valence-corrected chi connectivity index (χ0v) is 18.8. The third-order valence-corrected chi connectivity index (χ3v) is 6.83. The maximum absolute atomic E-state index is 13.5. The van der Waals surface area contributed by atoms with Crippen molar-refractivity contribution in [2.75, 3.05) is 10.6 Å². The molecule has 0 saturated heterocycles. The van der Waals surface area contributed by atoms with E-state index in [4.69, 9.17) is 5.73 Å². The molecule has 3 amide bonds. The predicted molar refractivity (Wildman–Crippen MR) is 126 cm³/mol. The van der Waals surface area contributed by atoms with E-state index in [0.29, 0.717) is 29.3 Å². The van der Waals surface area contributed by atoms with Crippen LogP contribution in [0.1, 0.15) is 63.9 Å². The quantitative estimate of drug-likeness (QED) is 0.684. The van der Waals surface area contributed by atoms with Crippen molar-refractivity contribution in [2.45, 2.75) is 64.3 Å². The Morgan fingerprint density at radius 3 is 2.59 bits per heavy atom.